The molecule has 0 spiro atoms. The lowest BCUT2D eigenvalue weighted by Gasteiger charge is -2.30. The van der Waals surface area contributed by atoms with E-state index in [1.54, 1.807) is 34.6 Å². The van der Waals surface area contributed by atoms with Crippen LogP contribution in [0.25, 0.3) is 10.9 Å². The number of halogens is 2. The summed E-state index contributed by atoms with van der Waals surface area (Å²) in [6.45, 7) is 6.42. The molecule has 10 heteroatoms. The number of carbonyl (C=O) groups is 1. The average Bonchev–Trinajstić information content (AvgIpc) is 2.78. The van der Waals surface area contributed by atoms with E-state index in [-0.39, 0.29) is 27.7 Å². The van der Waals surface area contributed by atoms with E-state index >= 15 is 0 Å². The molecular formula is C23H24Cl2N4O4. The van der Waals surface area contributed by atoms with Crippen LogP contribution in [0.4, 0.5) is 5.69 Å². The van der Waals surface area contributed by atoms with Crippen molar-refractivity contribution in [2.45, 2.75) is 46.2 Å². The van der Waals surface area contributed by atoms with E-state index in [0.717, 1.165) is 18.9 Å². The van der Waals surface area contributed by atoms with Crippen LogP contribution in [0.3, 0.4) is 0 Å². The summed E-state index contributed by atoms with van der Waals surface area (Å²) in [5, 5.41) is 11.9. The highest BCUT2D eigenvalue weighted by atomic mass is 35.5. The van der Waals surface area contributed by atoms with Gasteiger partial charge in [0.1, 0.15) is 5.82 Å². The fourth-order valence-electron chi connectivity index (χ4n) is 3.72. The second kappa shape index (κ2) is 10.3. The third-order valence-electron chi connectivity index (χ3n) is 5.51. The molecule has 33 heavy (non-hydrogen) atoms. The van der Waals surface area contributed by atoms with Gasteiger partial charge in [0.25, 0.3) is 17.2 Å². The first-order valence-corrected chi connectivity index (χ1v) is 11.4. The Hall–Kier alpha value is -2.97. The number of aromatic nitrogens is 2. The Kier molecular flexibility index (Phi) is 7.71. The highest BCUT2D eigenvalue weighted by Crippen LogP contribution is 2.28. The van der Waals surface area contributed by atoms with Crippen LogP contribution in [0, 0.1) is 10.1 Å². The molecule has 1 unspecified atom stereocenters. The van der Waals surface area contributed by atoms with Crippen molar-refractivity contribution in [2.24, 2.45) is 0 Å². The highest BCUT2D eigenvalue weighted by molar-refractivity contribution is 6.34. The standard InChI is InChI=1S/C23H24Cl2N4O4/c1-4-6-11-28(22(30)17-10-8-16(29(32)33)13-19(17)25)14(3)21-26-20-12-15(24)7-9-18(20)23(31)27(21)5-2/h7-10,12-14H,4-6,11H2,1-3H3. The molecule has 174 valence electrons. The maximum absolute atomic E-state index is 13.5. The monoisotopic (exact) mass is 490 g/mol. The number of hydrogen-bond acceptors (Lipinski definition) is 5. The van der Waals surface area contributed by atoms with Gasteiger partial charge in [0.2, 0.25) is 0 Å². The first-order chi connectivity index (χ1) is 15.7. The molecule has 2 aromatic carbocycles. The summed E-state index contributed by atoms with van der Waals surface area (Å²) in [5.74, 6) is 0.0405. The number of fused-ring (bicyclic) bond motifs is 1. The Morgan fingerprint density at radius 1 is 1.21 bits per heavy atom. The molecule has 1 amide bonds. The van der Waals surface area contributed by atoms with Gasteiger partial charge in [-0.25, -0.2) is 4.98 Å². The van der Waals surface area contributed by atoms with E-state index in [2.05, 4.69) is 0 Å². The summed E-state index contributed by atoms with van der Waals surface area (Å²) in [7, 11) is 0. The van der Waals surface area contributed by atoms with Crippen LogP contribution in [-0.4, -0.2) is 31.8 Å². The van der Waals surface area contributed by atoms with Crippen molar-refractivity contribution in [1.82, 2.24) is 14.5 Å². The molecule has 0 saturated carbocycles. The Morgan fingerprint density at radius 3 is 2.55 bits per heavy atom. The Morgan fingerprint density at radius 2 is 1.94 bits per heavy atom. The summed E-state index contributed by atoms with van der Waals surface area (Å²) >= 11 is 12.4. The molecule has 0 aliphatic carbocycles. The van der Waals surface area contributed by atoms with E-state index in [9.17, 15) is 19.7 Å². The maximum Gasteiger partial charge on any atom is 0.270 e. The van der Waals surface area contributed by atoms with Gasteiger partial charge in [0.05, 0.1) is 32.5 Å². The van der Waals surface area contributed by atoms with Crippen molar-refractivity contribution >= 4 is 45.7 Å². The second-order valence-corrected chi connectivity index (χ2v) is 8.47. The first-order valence-electron chi connectivity index (χ1n) is 10.6. The van der Waals surface area contributed by atoms with Gasteiger partial charge >= 0.3 is 0 Å². The lowest BCUT2D eigenvalue weighted by molar-refractivity contribution is -0.384. The van der Waals surface area contributed by atoms with Gasteiger partial charge in [-0.1, -0.05) is 36.5 Å². The molecule has 0 saturated heterocycles. The maximum atomic E-state index is 13.5. The van der Waals surface area contributed by atoms with E-state index < -0.39 is 11.0 Å². The zero-order chi connectivity index (χ0) is 24.3. The van der Waals surface area contributed by atoms with Gasteiger partial charge in [-0.15, -0.1) is 0 Å². The number of unbranched alkanes of at least 4 members (excludes halogenated alkanes) is 1. The van der Waals surface area contributed by atoms with Crippen molar-refractivity contribution in [2.75, 3.05) is 6.54 Å². The smallest absolute Gasteiger partial charge is 0.270 e. The molecule has 0 radical (unpaired) electrons. The molecule has 1 heterocycles. The van der Waals surface area contributed by atoms with Crippen LogP contribution in [0.1, 0.15) is 55.8 Å². The molecule has 3 aromatic rings. The summed E-state index contributed by atoms with van der Waals surface area (Å²) < 4.78 is 1.55. The van der Waals surface area contributed by atoms with Crippen molar-refractivity contribution in [3.05, 3.63) is 78.3 Å². The van der Waals surface area contributed by atoms with Crippen LogP contribution in [0.5, 0.6) is 0 Å². The predicted octanol–water partition coefficient (Wildman–Crippen LogP) is 5.63. The lowest BCUT2D eigenvalue weighted by atomic mass is 10.1. The molecular weight excluding hydrogens is 467 g/mol. The molecule has 0 fully saturated rings. The molecule has 1 atom stereocenters. The summed E-state index contributed by atoms with van der Waals surface area (Å²) in [6, 6.07) is 8.12. The number of non-ortho nitro benzene ring substituents is 1. The third-order valence-corrected chi connectivity index (χ3v) is 6.06. The number of rotatable bonds is 8. The molecule has 0 aliphatic heterocycles. The van der Waals surface area contributed by atoms with Gasteiger partial charge in [0, 0.05) is 30.2 Å². The van der Waals surface area contributed by atoms with Gasteiger partial charge in [-0.3, -0.25) is 24.3 Å². The van der Waals surface area contributed by atoms with Crippen molar-refractivity contribution in [1.29, 1.82) is 0 Å². The first kappa shape index (κ1) is 24.7. The van der Waals surface area contributed by atoms with Crippen molar-refractivity contribution in [3.8, 4) is 0 Å². The van der Waals surface area contributed by atoms with E-state index in [1.807, 2.05) is 13.8 Å². The van der Waals surface area contributed by atoms with E-state index in [1.165, 1.54) is 12.1 Å². The zero-order valence-electron chi connectivity index (χ0n) is 18.5. The lowest BCUT2D eigenvalue weighted by Crippen LogP contribution is -2.38. The van der Waals surface area contributed by atoms with Gasteiger partial charge in [0.15, 0.2) is 0 Å². The van der Waals surface area contributed by atoms with Crippen LogP contribution in [-0.2, 0) is 6.54 Å². The van der Waals surface area contributed by atoms with Crippen LogP contribution < -0.4 is 5.56 Å². The van der Waals surface area contributed by atoms with Crippen LogP contribution >= 0.6 is 23.2 Å². The summed E-state index contributed by atoms with van der Waals surface area (Å²) in [6.07, 6.45) is 1.56. The number of amides is 1. The highest BCUT2D eigenvalue weighted by Gasteiger charge is 2.28. The van der Waals surface area contributed by atoms with Crippen LogP contribution in [0.2, 0.25) is 10.0 Å². The second-order valence-electron chi connectivity index (χ2n) is 7.63. The number of benzene rings is 2. The minimum atomic E-state index is -0.568. The summed E-state index contributed by atoms with van der Waals surface area (Å²) in [5.41, 5.74) is 0.199. The predicted molar refractivity (Wildman–Crippen MR) is 129 cm³/mol. The minimum Gasteiger partial charge on any atom is -0.329 e. The molecule has 0 aliphatic rings. The average molecular weight is 491 g/mol. The number of nitro groups is 1. The van der Waals surface area contributed by atoms with Gasteiger partial charge < -0.3 is 4.90 Å². The summed E-state index contributed by atoms with van der Waals surface area (Å²) in [4.78, 5) is 43.4. The Balaban J connectivity index is 2.11. The Bertz CT molecular complexity index is 1280. The molecule has 3 rings (SSSR count). The number of nitrogens with zero attached hydrogens (tertiary/aromatic N) is 4. The molecule has 0 bridgehead atoms. The fourth-order valence-corrected chi connectivity index (χ4v) is 4.14. The number of carbonyl (C=O) groups excluding carboxylic acids is 1. The van der Waals surface area contributed by atoms with Gasteiger partial charge in [-0.2, -0.15) is 0 Å². The number of nitro benzene ring substituents is 1. The topological polar surface area (TPSA) is 98.3 Å². The SMILES string of the molecule is CCCCN(C(=O)c1ccc([N+](=O)[O-])cc1Cl)C(C)c1nc2cc(Cl)ccc2c(=O)n1CC. The third kappa shape index (κ3) is 5.02. The van der Waals surface area contributed by atoms with Crippen molar-refractivity contribution < 1.29 is 9.72 Å². The Labute approximate surface area is 200 Å². The zero-order valence-corrected chi connectivity index (χ0v) is 20.1. The number of hydrogen-bond donors (Lipinski definition) is 0. The van der Waals surface area contributed by atoms with E-state index in [4.69, 9.17) is 28.2 Å². The molecule has 0 N–H and O–H groups in total. The fraction of sp³-hybridized carbons (Fsp3) is 0.348. The normalized spacial score (nSPS) is 12.0. The van der Waals surface area contributed by atoms with E-state index in [0.29, 0.717) is 34.8 Å². The molecule has 1 aromatic heterocycles. The van der Waals surface area contributed by atoms with Crippen LogP contribution in [0.15, 0.2) is 41.2 Å². The minimum absolute atomic E-state index is 0.00553. The van der Waals surface area contributed by atoms with Crippen molar-refractivity contribution in [3.63, 3.8) is 0 Å². The quantitative estimate of drug-likeness (QED) is 0.300. The largest absolute Gasteiger partial charge is 0.329 e. The molecule has 8 nitrogen and oxygen atoms in total. The van der Waals surface area contributed by atoms with Gasteiger partial charge in [-0.05, 0) is 44.5 Å².